The van der Waals surface area contributed by atoms with Crippen molar-refractivity contribution >= 4 is 38.3 Å². The third-order valence-electron chi connectivity index (χ3n) is 3.78. The van der Waals surface area contributed by atoms with Crippen LogP contribution in [0.1, 0.15) is 19.8 Å². The summed E-state index contributed by atoms with van der Waals surface area (Å²) >= 11 is 1.21. The Morgan fingerprint density at radius 3 is 2.68 bits per heavy atom. The van der Waals surface area contributed by atoms with Crippen molar-refractivity contribution < 1.29 is 19.2 Å². The zero-order valence-corrected chi connectivity index (χ0v) is 16.0. The number of nitro benzene ring substituents is 1. The van der Waals surface area contributed by atoms with Crippen molar-refractivity contribution in [3.63, 3.8) is 0 Å². The van der Waals surface area contributed by atoms with Gasteiger partial charge in [-0.25, -0.2) is 4.98 Å². The third-order valence-corrected chi connectivity index (χ3v) is 4.72. The second-order valence-corrected chi connectivity index (χ2v) is 6.84. The van der Waals surface area contributed by atoms with Gasteiger partial charge in [0.15, 0.2) is 16.6 Å². The highest BCUT2D eigenvalue weighted by Crippen LogP contribution is 2.29. The van der Waals surface area contributed by atoms with Crippen LogP contribution in [0.5, 0.6) is 11.5 Å². The summed E-state index contributed by atoms with van der Waals surface area (Å²) in [6.45, 7) is 2.83. The molecule has 0 spiro atoms. The van der Waals surface area contributed by atoms with Gasteiger partial charge >= 0.3 is 0 Å². The molecule has 0 aliphatic rings. The van der Waals surface area contributed by atoms with Gasteiger partial charge in [-0.2, -0.15) is 0 Å². The molecule has 8 nitrogen and oxygen atoms in total. The van der Waals surface area contributed by atoms with E-state index in [1.165, 1.54) is 23.5 Å². The molecule has 0 atom stereocenters. The highest BCUT2D eigenvalue weighted by molar-refractivity contribution is 7.22. The molecule has 1 N–H and O–H groups in total. The molecule has 0 aliphatic heterocycles. The summed E-state index contributed by atoms with van der Waals surface area (Å²) in [5.74, 6) is 1.14. The van der Waals surface area contributed by atoms with Gasteiger partial charge in [0.1, 0.15) is 0 Å². The minimum absolute atomic E-state index is 0.00138. The number of nitrogens with one attached hydrogen (secondary N) is 1. The Kier molecular flexibility index (Phi) is 6.38. The van der Waals surface area contributed by atoms with Crippen molar-refractivity contribution in [1.82, 2.24) is 4.98 Å². The molecular weight excluding hydrogens is 382 g/mol. The van der Waals surface area contributed by atoms with Gasteiger partial charge in [0.2, 0.25) is 5.91 Å². The summed E-state index contributed by atoms with van der Waals surface area (Å²) in [6.07, 6.45) is 0.801. The van der Waals surface area contributed by atoms with Crippen molar-refractivity contribution in [2.75, 3.05) is 18.5 Å². The van der Waals surface area contributed by atoms with Crippen LogP contribution in [0.25, 0.3) is 10.2 Å². The van der Waals surface area contributed by atoms with Crippen LogP contribution in [0.4, 0.5) is 10.8 Å². The van der Waals surface area contributed by atoms with E-state index >= 15 is 0 Å². The summed E-state index contributed by atoms with van der Waals surface area (Å²) in [6, 6.07) is 11.8. The maximum atomic E-state index is 12.1. The van der Waals surface area contributed by atoms with E-state index in [1.807, 2.05) is 31.2 Å². The zero-order valence-electron chi connectivity index (χ0n) is 15.2. The van der Waals surface area contributed by atoms with E-state index in [-0.39, 0.29) is 18.0 Å². The monoisotopic (exact) mass is 401 g/mol. The fraction of sp³-hybridized carbons (Fsp3) is 0.263. The number of para-hydroxylation sites is 2. The SMILES string of the molecule is CCOc1ccccc1OCCCC(=O)Nc1nc2ccc([N+](=O)[O-])cc2s1. The van der Waals surface area contributed by atoms with E-state index < -0.39 is 4.92 Å². The highest BCUT2D eigenvalue weighted by atomic mass is 32.1. The average molecular weight is 401 g/mol. The van der Waals surface area contributed by atoms with Gasteiger partial charge in [-0.1, -0.05) is 23.5 Å². The van der Waals surface area contributed by atoms with E-state index in [0.717, 1.165) is 0 Å². The molecule has 0 saturated carbocycles. The molecule has 2 aromatic carbocycles. The number of nitrogens with zero attached hydrogens (tertiary/aromatic N) is 2. The summed E-state index contributed by atoms with van der Waals surface area (Å²) in [4.78, 5) is 26.8. The molecule has 0 saturated heterocycles. The van der Waals surface area contributed by atoms with Crippen LogP contribution in [-0.4, -0.2) is 29.0 Å². The second kappa shape index (κ2) is 9.14. The minimum Gasteiger partial charge on any atom is -0.490 e. The number of amides is 1. The van der Waals surface area contributed by atoms with Crippen LogP contribution < -0.4 is 14.8 Å². The quantitative estimate of drug-likeness (QED) is 0.324. The average Bonchev–Trinajstić information content (AvgIpc) is 3.07. The molecule has 1 amide bonds. The number of hydrogen-bond donors (Lipinski definition) is 1. The van der Waals surface area contributed by atoms with Crippen LogP contribution in [0.2, 0.25) is 0 Å². The van der Waals surface area contributed by atoms with Gasteiger partial charge in [-0.05, 0) is 31.5 Å². The number of rotatable bonds is 9. The number of thiazole rings is 1. The van der Waals surface area contributed by atoms with Crippen LogP contribution >= 0.6 is 11.3 Å². The Labute approximate surface area is 165 Å². The summed E-state index contributed by atoms with van der Waals surface area (Å²) < 4.78 is 11.8. The van der Waals surface area contributed by atoms with Gasteiger partial charge in [-0.15, -0.1) is 0 Å². The van der Waals surface area contributed by atoms with Crippen molar-refractivity contribution in [2.24, 2.45) is 0 Å². The van der Waals surface area contributed by atoms with Crippen LogP contribution in [0, 0.1) is 10.1 Å². The molecular formula is C19H19N3O5S. The molecule has 9 heteroatoms. The Bertz CT molecular complexity index is 989. The maximum Gasteiger partial charge on any atom is 0.270 e. The Morgan fingerprint density at radius 2 is 1.96 bits per heavy atom. The standard InChI is InChI=1S/C19H19N3O5S/c1-2-26-15-6-3-4-7-16(15)27-11-5-8-18(23)21-19-20-14-10-9-13(22(24)25)12-17(14)28-19/h3-4,6-7,9-10,12H,2,5,8,11H2,1H3,(H,20,21,23). The Hall–Kier alpha value is -3.20. The summed E-state index contributed by atoms with van der Waals surface area (Å²) in [5, 5.41) is 14.0. The Morgan fingerprint density at radius 1 is 1.21 bits per heavy atom. The number of non-ortho nitro benzene ring substituents is 1. The van der Waals surface area contributed by atoms with E-state index in [4.69, 9.17) is 9.47 Å². The lowest BCUT2D eigenvalue weighted by molar-refractivity contribution is -0.384. The first-order chi connectivity index (χ1) is 13.6. The maximum absolute atomic E-state index is 12.1. The molecule has 28 heavy (non-hydrogen) atoms. The zero-order chi connectivity index (χ0) is 19.9. The first kappa shape index (κ1) is 19.6. The number of aromatic nitrogens is 1. The molecule has 0 bridgehead atoms. The predicted molar refractivity (Wildman–Crippen MR) is 107 cm³/mol. The summed E-state index contributed by atoms with van der Waals surface area (Å²) in [7, 11) is 0. The van der Waals surface area contributed by atoms with Crippen molar-refractivity contribution in [3.05, 3.63) is 52.6 Å². The lowest BCUT2D eigenvalue weighted by atomic mass is 10.3. The van der Waals surface area contributed by atoms with Crippen LogP contribution in [-0.2, 0) is 4.79 Å². The lowest BCUT2D eigenvalue weighted by Gasteiger charge is -2.11. The molecule has 3 rings (SSSR count). The summed E-state index contributed by atoms with van der Waals surface area (Å²) in [5.41, 5.74) is 0.611. The number of benzene rings is 2. The number of nitro groups is 1. The first-order valence-electron chi connectivity index (χ1n) is 8.76. The molecule has 0 unspecified atom stereocenters. The molecule has 1 heterocycles. The molecule has 0 radical (unpaired) electrons. The van der Waals surface area contributed by atoms with Crippen LogP contribution in [0.15, 0.2) is 42.5 Å². The van der Waals surface area contributed by atoms with Gasteiger partial charge < -0.3 is 14.8 Å². The van der Waals surface area contributed by atoms with Gasteiger partial charge in [0.05, 0.1) is 28.4 Å². The molecule has 0 aliphatic carbocycles. The molecule has 146 valence electrons. The van der Waals surface area contributed by atoms with E-state index in [9.17, 15) is 14.9 Å². The van der Waals surface area contributed by atoms with Crippen molar-refractivity contribution in [1.29, 1.82) is 0 Å². The van der Waals surface area contributed by atoms with Crippen molar-refractivity contribution in [3.8, 4) is 11.5 Å². The van der Waals surface area contributed by atoms with Gasteiger partial charge in [0.25, 0.3) is 5.69 Å². The number of carbonyl (C=O) groups is 1. The van der Waals surface area contributed by atoms with Gasteiger partial charge in [-0.3, -0.25) is 14.9 Å². The third kappa shape index (κ3) is 4.95. The number of carbonyl (C=O) groups excluding carboxylic acids is 1. The van der Waals surface area contributed by atoms with Crippen molar-refractivity contribution in [2.45, 2.75) is 19.8 Å². The first-order valence-corrected chi connectivity index (χ1v) is 9.58. The largest absolute Gasteiger partial charge is 0.490 e. The number of hydrogen-bond acceptors (Lipinski definition) is 7. The fourth-order valence-corrected chi connectivity index (χ4v) is 3.44. The molecule has 1 aromatic heterocycles. The normalized spacial score (nSPS) is 10.6. The van der Waals surface area contributed by atoms with Crippen LogP contribution in [0.3, 0.4) is 0 Å². The molecule has 3 aromatic rings. The second-order valence-electron chi connectivity index (χ2n) is 5.81. The smallest absolute Gasteiger partial charge is 0.270 e. The van der Waals surface area contributed by atoms with E-state index in [2.05, 4.69) is 10.3 Å². The van der Waals surface area contributed by atoms with Gasteiger partial charge in [0, 0.05) is 18.6 Å². The van der Waals surface area contributed by atoms with E-state index in [1.54, 1.807) is 6.07 Å². The highest BCUT2D eigenvalue weighted by Gasteiger charge is 2.12. The topological polar surface area (TPSA) is 104 Å². The molecule has 0 fully saturated rings. The Balaban J connectivity index is 1.49. The lowest BCUT2D eigenvalue weighted by Crippen LogP contribution is -2.12. The number of fused-ring (bicyclic) bond motifs is 1. The minimum atomic E-state index is -0.457. The number of anilines is 1. The van der Waals surface area contributed by atoms with E-state index in [0.29, 0.717) is 46.5 Å². The predicted octanol–water partition coefficient (Wildman–Crippen LogP) is 4.40. The number of ether oxygens (including phenoxy) is 2. The fourth-order valence-electron chi connectivity index (χ4n) is 2.52.